The van der Waals surface area contributed by atoms with E-state index in [0.29, 0.717) is 6.42 Å². The molecule has 0 aromatic heterocycles. The molecule has 2 aromatic rings. The summed E-state index contributed by atoms with van der Waals surface area (Å²) in [4.78, 5) is 12.0. The Balaban J connectivity index is 1.95. The van der Waals surface area contributed by atoms with Gasteiger partial charge < -0.3 is 4.74 Å². The molecule has 0 saturated carbocycles. The van der Waals surface area contributed by atoms with Crippen LogP contribution in [0.2, 0.25) is 0 Å². The normalized spacial score (nSPS) is 17.1. The van der Waals surface area contributed by atoms with Gasteiger partial charge >= 0.3 is 0 Å². The quantitative estimate of drug-likeness (QED) is 0.867. The maximum atomic E-state index is 12.0. The van der Waals surface area contributed by atoms with Crippen LogP contribution in [0.5, 0.6) is 5.75 Å². The molecule has 1 heterocycles. The molecule has 0 spiro atoms. The van der Waals surface area contributed by atoms with Gasteiger partial charge in [-0.3, -0.25) is 4.79 Å². The Labute approximate surface area is 136 Å². The second-order valence-electron chi connectivity index (χ2n) is 5.78. The highest BCUT2D eigenvalue weighted by Gasteiger charge is 2.31. The van der Waals surface area contributed by atoms with Crippen LogP contribution in [0.3, 0.4) is 0 Å². The number of rotatable bonds is 3. The number of carbonyl (C=O) groups is 1. The number of carbonyl (C=O) groups excluding carboxylic acids is 1. The van der Waals surface area contributed by atoms with Crippen LogP contribution in [-0.2, 0) is 4.79 Å². The zero-order chi connectivity index (χ0) is 16.4. The van der Waals surface area contributed by atoms with Crippen molar-refractivity contribution in [1.82, 2.24) is 5.01 Å². The maximum absolute atomic E-state index is 12.0. The van der Waals surface area contributed by atoms with Crippen LogP contribution in [0, 0.1) is 6.92 Å². The fourth-order valence-electron chi connectivity index (χ4n) is 2.91. The topological polar surface area (TPSA) is 41.9 Å². The van der Waals surface area contributed by atoms with Crippen molar-refractivity contribution in [3.05, 3.63) is 65.2 Å². The number of hydrogen-bond donors (Lipinski definition) is 0. The van der Waals surface area contributed by atoms with Gasteiger partial charge in [0.1, 0.15) is 5.75 Å². The van der Waals surface area contributed by atoms with Crippen molar-refractivity contribution in [3.8, 4) is 5.75 Å². The minimum absolute atomic E-state index is 0.0468. The van der Waals surface area contributed by atoms with Crippen LogP contribution in [0.15, 0.2) is 53.6 Å². The van der Waals surface area contributed by atoms with E-state index in [-0.39, 0.29) is 11.9 Å². The molecular formula is C19H20N2O2. The van der Waals surface area contributed by atoms with Gasteiger partial charge in [-0.05, 0) is 24.6 Å². The van der Waals surface area contributed by atoms with Gasteiger partial charge in [-0.15, -0.1) is 0 Å². The van der Waals surface area contributed by atoms with Gasteiger partial charge in [0.15, 0.2) is 0 Å². The van der Waals surface area contributed by atoms with Crippen molar-refractivity contribution < 1.29 is 9.53 Å². The van der Waals surface area contributed by atoms with Gasteiger partial charge in [0, 0.05) is 18.9 Å². The second-order valence-corrected chi connectivity index (χ2v) is 5.78. The van der Waals surface area contributed by atoms with Crippen molar-refractivity contribution >= 4 is 11.6 Å². The Morgan fingerprint density at radius 3 is 2.70 bits per heavy atom. The number of hydrazone groups is 1. The first kappa shape index (κ1) is 15.3. The molecule has 0 aliphatic carbocycles. The van der Waals surface area contributed by atoms with E-state index >= 15 is 0 Å². The molecule has 4 heteroatoms. The van der Waals surface area contributed by atoms with Crippen LogP contribution < -0.4 is 4.74 Å². The summed E-state index contributed by atoms with van der Waals surface area (Å²) in [6, 6.07) is 16.0. The predicted octanol–water partition coefficient (Wildman–Crippen LogP) is 3.70. The van der Waals surface area contributed by atoms with E-state index in [2.05, 4.69) is 30.2 Å². The summed E-state index contributed by atoms with van der Waals surface area (Å²) in [6.45, 7) is 3.61. The highest BCUT2D eigenvalue weighted by atomic mass is 16.5. The van der Waals surface area contributed by atoms with Crippen molar-refractivity contribution in [2.75, 3.05) is 7.11 Å². The summed E-state index contributed by atoms with van der Waals surface area (Å²) in [6.07, 6.45) is 0.705. The molecule has 1 amide bonds. The molecule has 3 rings (SSSR count). The zero-order valence-corrected chi connectivity index (χ0v) is 13.6. The number of methoxy groups -OCH3 is 1. The highest BCUT2D eigenvalue weighted by molar-refractivity contribution is 6.03. The van der Waals surface area contributed by atoms with Crippen molar-refractivity contribution in [3.63, 3.8) is 0 Å². The molecule has 4 nitrogen and oxygen atoms in total. The summed E-state index contributed by atoms with van der Waals surface area (Å²) in [5.41, 5.74) is 4.19. The van der Waals surface area contributed by atoms with E-state index in [0.717, 1.165) is 22.6 Å². The fraction of sp³-hybridized carbons (Fsp3) is 0.263. The van der Waals surface area contributed by atoms with E-state index in [1.54, 1.807) is 19.0 Å². The van der Waals surface area contributed by atoms with Crippen LogP contribution in [0.25, 0.3) is 0 Å². The predicted molar refractivity (Wildman–Crippen MR) is 90.6 cm³/mol. The van der Waals surface area contributed by atoms with Gasteiger partial charge in [0.2, 0.25) is 5.91 Å². The first-order valence-corrected chi connectivity index (χ1v) is 7.67. The van der Waals surface area contributed by atoms with Crippen molar-refractivity contribution in [2.45, 2.75) is 26.3 Å². The number of ether oxygens (including phenoxy) is 1. The van der Waals surface area contributed by atoms with Gasteiger partial charge in [0.25, 0.3) is 0 Å². The minimum atomic E-state index is -0.0476. The molecule has 1 atom stereocenters. The SMILES string of the molecule is COc1cccc(C2=NN(C(C)=O)C(c3cccc(C)c3)C2)c1. The summed E-state index contributed by atoms with van der Waals surface area (Å²) >= 11 is 0. The molecule has 2 aromatic carbocycles. The Hall–Kier alpha value is -2.62. The molecule has 0 radical (unpaired) electrons. The zero-order valence-electron chi connectivity index (χ0n) is 13.6. The largest absolute Gasteiger partial charge is 0.497 e. The maximum Gasteiger partial charge on any atom is 0.240 e. The van der Waals surface area contributed by atoms with E-state index in [1.807, 2.05) is 30.3 Å². The number of amides is 1. The van der Waals surface area contributed by atoms with Gasteiger partial charge in [-0.2, -0.15) is 5.10 Å². The van der Waals surface area contributed by atoms with Gasteiger partial charge in [0.05, 0.1) is 18.9 Å². The smallest absolute Gasteiger partial charge is 0.240 e. The Morgan fingerprint density at radius 2 is 2.00 bits per heavy atom. The molecule has 0 N–H and O–H groups in total. The molecule has 118 valence electrons. The van der Waals surface area contributed by atoms with E-state index in [4.69, 9.17) is 4.74 Å². The summed E-state index contributed by atoms with van der Waals surface area (Å²) < 4.78 is 5.28. The molecule has 0 saturated heterocycles. The molecule has 1 aliphatic heterocycles. The monoisotopic (exact) mass is 308 g/mol. The highest BCUT2D eigenvalue weighted by Crippen LogP contribution is 2.33. The number of aryl methyl sites for hydroxylation is 1. The third-order valence-corrected chi connectivity index (χ3v) is 4.06. The minimum Gasteiger partial charge on any atom is -0.497 e. The Morgan fingerprint density at radius 1 is 1.22 bits per heavy atom. The fourth-order valence-corrected chi connectivity index (χ4v) is 2.91. The molecule has 0 bridgehead atoms. The van der Waals surface area contributed by atoms with E-state index in [1.165, 1.54) is 5.56 Å². The van der Waals surface area contributed by atoms with Crippen LogP contribution in [-0.4, -0.2) is 23.7 Å². The first-order chi connectivity index (χ1) is 11.1. The lowest BCUT2D eigenvalue weighted by Gasteiger charge is -2.20. The Bertz CT molecular complexity index is 767. The lowest BCUT2D eigenvalue weighted by Crippen LogP contribution is -2.24. The van der Waals surface area contributed by atoms with Crippen molar-refractivity contribution in [1.29, 1.82) is 0 Å². The molecule has 0 fully saturated rings. The summed E-state index contributed by atoms with van der Waals surface area (Å²) in [7, 11) is 1.65. The summed E-state index contributed by atoms with van der Waals surface area (Å²) in [5, 5.41) is 6.15. The van der Waals surface area contributed by atoms with Gasteiger partial charge in [-0.1, -0.05) is 42.0 Å². The average Bonchev–Trinajstić information content (AvgIpc) is 3.00. The molecule has 23 heavy (non-hydrogen) atoms. The van der Waals surface area contributed by atoms with E-state index in [9.17, 15) is 4.79 Å². The van der Waals surface area contributed by atoms with Crippen LogP contribution in [0.1, 0.15) is 36.1 Å². The lowest BCUT2D eigenvalue weighted by atomic mass is 9.97. The average molecular weight is 308 g/mol. The molecule has 1 aliphatic rings. The van der Waals surface area contributed by atoms with Crippen LogP contribution in [0.4, 0.5) is 0 Å². The lowest BCUT2D eigenvalue weighted by molar-refractivity contribution is -0.130. The third-order valence-electron chi connectivity index (χ3n) is 4.06. The van der Waals surface area contributed by atoms with Crippen LogP contribution >= 0.6 is 0 Å². The third kappa shape index (κ3) is 3.11. The molecular weight excluding hydrogens is 288 g/mol. The van der Waals surface area contributed by atoms with Gasteiger partial charge in [-0.25, -0.2) is 5.01 Å². The first-order valence-electron chi connectivity index (χ1n) is 7.67. The number of benzene rings is 2. The standard InChI is InChI=1S/C19H20N2O2/c1-13-6-4-8-16(10-13)19-12-18(20-21(19)14(2)22)15-7-5-9-17(11-15)23-3/h4-11,19H,12H2,1-3H3. The second kappa shape index (κ2) is 6.24. The molecule has 1 unspecified atom stereocenters. The van der Waals surface area contributed by atoms with E-state index < -0.39 is 0 Å². The number of nitrogens with zero attached hydrogens (tertiary/aromatic N) is 2. The Kier molecular flexibility index (Phi) is 4.15. The number of hydrogen-bond acceptors (Lipinski definition) is 3. The summed E-state index contributed by atoms with van der Waals surface area (Å²) in [5.74, 6) is 0.744. The van der Waals surface area contributed by atoms with Crippen molar-refractivity contribution in [2.24, 2.45) is 5.10 Å².